The van der Waals surface area contributed by atoms with Crippen LogP contribution in [-0.4, -0.2) is 6.71 Å². The second-order valence-electron chi connectivity index (χ2n) is 17.7. The maximum absolute atomic E-state index is 6.34. The summed E-state index contributed by atoms with van der Waals surface area (Å²) >= 11 is 4.06. The highest BCUT2D eigenvalue weighted by atomic mass is 32.1. The van der Waals surface area contributed by atoms with Crippen molar-refractivity contribution in [3.8, 4) is 0 Å². The van der Waals surface area contributed by atoms with Crippen LogP contribution in [0, 0.1) is 17.8 Å². The van der Waals surface area contributed by atoms with Gasteiger partial charge in [-0.1, -0.05) is 58.0 Å². The Morgan fingerprint density at radius 1 is 0.585 bits per heavy atom. The molecule has 5 aromatic carbocycles. The van der Waals surface area contributed by atoms with E-state index in [1.807, 2.05) is 28.9 Å². The Kier molecular flexibility index (Phi) is 5.93. The van der Waals surface area contributed by atoms with Crippen LogP contribution in [0.5, 0.6) is 0 Å². The van der Waals surface area contributed by atoms with Gasteiger partial charge < -0.3 is 14.2 Å². The van der Waals surface area contributed by atoms with Gasteiger partial charge in [-0.3, -0.25) is 0 Å². The van der Waals surface area contributed by atoms with Gasteiger partial charge >= 0.3 is 0 Å². The lowest BCUT2D eigenvalue weighted by atomic mass is 9.39. The first-order chi connectivity index (χ1) is 25.6. The van der Waals surface area contributed by atoms with Crippen molar-refractivity contribution < 1.29 is 4.42 Å². The molecule has 5 heterocycles. The molecule has 4 aliphatic rings. The quantitative estimate of drug-likeness (QED) is 0.166. The summed E-state index contributed by atoms with van der Waals surface area (Å²) in [5.41, 5.74) is 17.8. The van der Waals surface area contributed by atoms with Crippen LogP contribution >= 0.6 is 22.7 Å². The summed E-state index contributed by atoms with van der Waals surface area (Å²) in [6.07, 6.45) is 6.53. The number of hydrogen-bond acceptors (Lipinski definition) is 5. The smallest absolute Gasteiger partial charge is 0.277 e. The topological polar surface area (TPSA) is 19.6 Å². The molecule has 0 atom stereocenters. The number of hydrogen-bond donors (Lipinski definition) is 0. The summed E-state index contributed by atoms with van der Waals surface area (Å²) in [7, 11) is 0. The minimum atomic E-state index is 0.132. The first kappa shape index (κ1) is 30.7. The molecular formula is C47H39BN2OS2. The molecule has 12 rings (SSSR count). The number of aryl methyl sites for hydroxylation is 1. The molecule has 3 aromatic heterocycles. The molecule has 0 unspecified atom stereocenters. The fraction of sp³-hybridized carbons (Fsp3) is 0.234. The fourth-order valence-corrected chi connectivity index (χ4v) is 13.2. The van der Waals surface area contributed by atoms with E-state index in [1.165, 1.54) is 91.4 Å². The Hall–Kier alpha value is -4.78. The lowest BCUT2D eigenvalue weighted by Crippen LogP contribution is -2.59. The average Bonchev–Trinajstić information content (AvgIpc) is 3.92. The average molecular weight is 723 g/mol. The van der Waals surface area contributed by atoms with E-state index in [-0.39, 0.29) is 12.1 Å². The Balaban J connectivity index is 1.21. The van der Waals surface area contributed by atoms with Crippen molar-refractivity contribution in [2.75, 3.05) is 9.80 Å². The van der Waals surface area contributed by atoms with Crippen LogP contribution in [0.3, 0.4) is 0 Å². The van der Waals surface area contributed by atoms with E-state index >= 15 is 0 Å². The number of para-hydroxylation sites is 2. The molecule has 2 aliphatic heterocycles. The molecule has 0 fully saturated rings. The van der Waals surface area contributed by atoms with E-state index in [0.717, 1.165) is 42.3 Å². The van der Waals surface area contributed by atoms with Crippen molar-refractivity contribution in [2.45, 2.75) is 60.3 Å². The van der Waals surface area contributed by atoms with Gasteiger partial charge in [0.05, 0.1) is 17.1 Å². The minimum Gasteiger partial charge on any atom is -0.462 e. The number of benzene rings is 5. The van der Waals surface area contributed by atoms with Gasteiger partial charge in [0.1, 0.15) is 11.8 Å². The van der Waals surface area contributed by atoms with Crippen LogP contribution < -0.4 is 24.8 Å². The summed E-state index contributed by atoms with van der Waals surface area (Å²) in [6.45, 7) is 12.1. The van der Waals surface area contributed by atoms with Crippen LogP contribution in [0.1, 0.15) is 55.5 Å². The van der Waals surface area contributed by atoms with Crippen LogP contribution in [0.25, 0.3) is 31.1 Å². The number of anilines is 6. The molecule has 2 aliphatic carbocycles. The van der Waals surface area contributed by atoms with Crippen LogP contribution in [-0.2, 0) is 25.7 Å². The molecule has 0 saturated carbocycles. The highest BCUT2D eigenvalue weighted by molar-refractivity contribution is 7.40. The third kappa shape index (κ3) is 4.22. The van der Waals surface area contributed by atoms with Crippen LogP contribution in [0.15, 0.2) is 102 Å². The number of fused-ring (bicyclic) bond motifs is 11. The molecule has 0 saturated heterocycles. The predicted octanol–water partition coefficient (Wildman–Crippen LogP) is 11.5. The molecule has 0 amide bonds. The van der Waals surface area contributed by atoms with Gasteiger partial charge in [0.15, 0.2) is 0 Å². The van der Waals surface area contributed by atoms with Gasteiger partial charge in [-0.25, -0.2) is 0 Å². The van der Waals surface area contributed by atoms with E-state index in [0.29, 0.717) is 5.41 Å². The molecule has 6 heteroatoms. The maximum atomic E-state index is 6.34. The van der Waals surface area contributed by atoms with Crippen molar-refractivity contribution in [2.24, 2.45) is 10.8 Å². The number of rotatable bonds is 2. The van der Waals surface area contributed by atoms with Gasteiger partial charge in [-0.2, -0.15) is 0 Å². The molecule has 0 bridgehead atoms. The summed E-state index contributed by atoms with van der Waals surface area (Å²) in [5.74, 6) is 0. The van der Waals surface area contributed by atoms with E-state index in [2.05, 4.69) is 135 Å². The lowest BCUT2D eigenvalue weighted by Gasteiger charge is -2.42. The first-order valence-electron chi connectivity index (χ1n) is 19.0. The van der Waals surface area contributed by atoms with E-state index < -0.39 is 0 Å². The normalized spacial score (nSPS) is 17.4. The highest BCUT2D eigenvalue weighted by Gasteiger charge is 2.48. The van der Waals surface area contributed by atoms with Gasteiger partial charge in [-0.15, -0.1) is 22.7 Å². The third-order valence-electron chi connectivity index (χ3n) is 12.4. The standard InChI is InChI=1S/C47H39BN2OS2/c1-26-15-35-41-36(16-26)50(37-25-51-38-14-10-9-13-32(37)38)43-34-18-28-22-47(4,5)24-30(28)20-40(34)53-45(43)48(41)44-42(49(35)31-11-7-6-8-12-31)33-17-27-21-46(2,3)23-29(27)19-39(33)52-44/h6-20,25H,21-24H2,1-5H3. The number of thiophene rings is 2. The van der Waals surface area contributed by atoms with Crippen molar-refractivity contribution in [3.05, 3.63) is 125 Å². The first-order valence-corrected chi connectivity index (χ1v) is 20.7. The molecule has 0 radical (unpaired) electrons. The molecule has 0 spiro atoms. The third-order valence-corrected chi connectivity index (χ3v) is 14.8. The van der Waals surface area contributed by atoms with Crippen molar-refractivity contribution in [3.63, 3.8) is 0 Å². The predicted molar refractivity (Wildman–Crippen MR) is 228 cm³/mol. The van der Waals surface area contributed by atoms with Gasteiger partial charge in [-0.05, 0) is 137 Å². The molecule has 53 heavy (non-hydrogen) atoms. The fourth-order valence-electron chi connectivity index (χ4n) is 10.4. The largest absolute Gasteiger partial charge is 0.462 e. The monoisotopic (exact) mass is 722 g/mol. The zero-order valence-electron chi connectivity index (χ0n) is 30.8. The maximum Gasteiger partial charge on any atom is 0.277 e. The van der Waals surface area contributed by atoms with Crippen molar-refractivity contribution in [1.29, 1.82) is 0 Å². The zero-order chi connectivity index (χ0) is 35.5. The molecule has 8 aromatic rings. The number of nitrogens with zero attached hydrogens (tertiary/aromatic N) is 2. The summed E-state index contributed by atoms with van der Waals surface area (Å²) in [4.78, 5) is 5.18. The Labute approximate surface area is 318 Å². The zero-order valence-corrected chi connectivity index (χ0v) is 32.4. The second-order valence-corrected chi connectivity index (χ2v) is 19.8. The SMILES string of the molecule is Cc1cc2c3c(c1)N(c1coc4ccccc14)c1c(sc4cc5c(cc14)CC(C)(C)C5)B3c1sc3cc4c(cc3c1N2c1ccccc1)CC(C)(C)C4. The van der Waals surface area contributed by atoms with Crippen molar-refractivity contribution in [1.82, 2.24) is 0 Å². The number of furan rings is 1. The van der Waals surface area contributed by atoms with E-state index in [1.54, 1.807) is 0 Å². The minimum absolute atomic E-state index is 0.132. The highest BCUT2D eigenvalue weighted by Crippen LogP contribution is 2.53. The lowest BCUT2D eigenvalue weighted by molar-refractivity contribution is 0.392. The van der Waals surface area contributed by atoms with Crippen LogP contribution in [0.4, 0.5) is 34.1 Å². The Bertz CT molecular complexity index is 2890. The summed E-state index contributed by atoms with van der Waals surface area (Å²) < 4.78 is 12.0. The Morgan fingerprint density at radius 3 is 1.74 bits per heavy atom. The van der Waals surface area contributed by atoms with Gasteiger partial charge in [0.25, 0.3) is 6.71 Å². The molecule has 3 nitrogen and oxygen atoms in total. The van der Waals surface area contributed by atoms with E-state index in [4.69, 9.17) is 4.42 Å². The second kappa shape index (κ2) is 10.2. The van der Waals surface area contributed by atoms with E-state index in [9.17, 15) is 0 Å². The molecule has 0 N–H and O–H groups in total. The summed E-state index contributed by atoms with van der Waals surface area (Å²) in [6, 6.07) is 34.7. The van der Waals surface area contributed by atoms with Crippen LogP contribution in [0.2, 0.25) is 0 Å². The van der Waals surface area contributed by atoms with Crippen molar-refractivity contribution >= 4 is 110 Å². The van der Waals surface area contributed by atoms with Gasteiger partial charge in [0.2, 0.25) is 0 Å². The van der Waals surface area contributed by atoms with Gasteiger partial charge in [0, 0.05) is 52.2 Å². The molecular weight excluding hydrogens is 683 g/mol. The Morgan fingerprint density at radius 2 is 1.11 bits per heavy atom. The summed E-state index contributed by atoms with van der Waals surface area (Å²) in [5, 5.41) is 3.91. The molecule has 258 valence electrons.